The lowest BCUT2D eigenvalue weighted by atomic mass is 10.3. The predicted octanol–water partition coefficient (Wildman–Crippen LogP) is -0.326. The third-order valence-electron chi connectivity index (χ3n) is 2.87. The maximum absolute atomic E-state index is 11.8. The van der Waals surface area contributed by atoms with Crippen LogP contribution >= 0.6 is 0 Å². The Kier molecular flexibility index (Phi) is 4.43. The van der Waals surface area contributed by atoms with Gasteiger partial charge in [-0.15, -0.1) is 0 Å². The fourth-order valence-corrected chi connectivity index (χ4v) is 1.84. The van der Waals surface area contributed by atoms with Crippen LogP contribution in [-0.2, 0) is 17.8 Å². The van der Waals surface area contributed by atoms with Gasteiger partial charge in [-0.05, 0) is 6.92 Å². The van der Waals surface area contributed by atoms with Crippen LogP contribution < -0.4 is 22.3 Å². The van der Waals surface area contributed by atoms with Crippen molar-refractivity contribution in [2.45, 2.75) is 20.0 Å². The Morgan fingerprint density at radius 3 is 2.90 bits per heavy atom. The van der Waals surface area contributed by atoms with E-state index in [1.54, 1.807) is 13.0 Å². The van der Waals surface area contributed by atoms with Gasteiger partial charge in [-0.2, -0.15) is 0 Å². The van der Waals surface area contributed by atoms with Gasteiger partial charge in [0.2, 0.25) is 0 Å². The van der Waals surface area contributed by atoms with E-state index in [1.807, 2.05) is 0 Å². The van der Waals surface area contributed by atoms with Crippen molar-refractivity contribution in [3.05, 3.63) is 38.4 Å². The Bertz CT molecular complexity index is 730. The average molecular weight is 295 g/mol. The number of aromatic nitrogens is 3. The summed E-state index contributed by atoms with van der Waals surface area (Å²) in [5, 5.41) is 6.59. The van der Waals surface area contributed by atoms with Gasteiger partial charge in [0.1, 0.15) is 11.5 Å². The molecule has 0 unspecified atom stereocenters. The summed E-state index contributed by atoms with van der Waals surface area (Å²) in [4.78, 5) is 25.7. The Morgan fingerprint density at radius 2 is 2.29 bits per heavy atom. The first kappa shape index (κ1) is 14.9. The van der Waals surface area contributed by atoms with Crippen molar-refractivity contribution in [2.24, 2.45) is 0 Å². The number of aromatic amines is 1. The molecule has 2 aromatic rings. The minimum Gasteiger partial charge on any atom is -0.383 e. The van der Waals surface area contributed by atoms with Crippen LogP contribution in [0.2, 0.25) is 0 Å². The normalized spacial score (nSPS) is 10.8. The van der Waals surface area contributed by atoms with Crippen molar-refractivity contribution in [2.75, 3.05) is 24.8 Å². The van der Waals surface area contributed by atoms with Crippen molar-refractivity contribution in [1.29, 1.82) is 0 Å². The number of ether oxygens (including phenoxy) is 1. The largest absolute Gasteiger partial charge is 0.383 e. The molecule has 0 radical (unpaired) electrons. The third kappa shape index (κ3) is 3.31. The SMILES string of the molecule is COCCn1c(N)c(NCc2cc(C)no2)c(=O)[nH]c1=O. The molecule has 0 aliphatic heterocycles. The average Bonchev–Trinajstić information content (AvgIpc) is 2.84. The van der Waals surface area contributed by atoms with Gasteiger partial charge in [0, 0.05) is 13.2 Å². The highest BCUT2D eigenvalue weighted by molar-refractivity contribution is 5.60. The van der Waals surface area contributed by atoms with E-state index in [2.05, 4.69) is 15.5 Å². The summed E-state index contributed by atoms with van der Waals surface area (Å²) >= 11 is 0. The topological polar surface area (TPSA) is 128 Å². The summed E-state index contributed by atoms with van der Waals surface area (Å²) in [6.45, 7) is 2.57. The number of H-pyrrole nitrogens is 1. The highest BCUT2D eigenvalue weighted by Crippen LogP contribution is 2.12. The summed E-state index contributed by atoms with van der Waals surface area (Å²) < 4.78 is 11.2. The van der Waals surface area contributed by atoms with Crippen LogP contribution in [-0.4, -0.2) is 28.4 Å². The van der Waals surface area contributed by atoms with Gasteiger partial charge < -0.3 is 20.3 Å². The zero-order chi connectivity index (χ0) is 15.4. The lowest BCUT2D eigenvalue weighted by Crippen LogP contribution is -2.34. The van der Waals surface area contributed by atoms with Gasteiger partial charge in [-0.25, -0.2) is 4.79 Å². The quantitative estimate of drug-likeness (QED) is 0.665. The molecular weight excluding hydrogens is 278 g/mol. The van der Waals surface area contributed by atoms with Crippen molar-refractivity contribution in [3.8, 4) is 0 Å². The first-order chi connectivity index (χ1) is 10.0. The molecule has 0 spiro atoms. The molecule has 9 heteroatoms. The smallest absolute Gasteiger partial charge is 0.330 e. The first-order valence-electron chi connectivity index (χ1n) is 6.30. The molecule has 9 nitrogen and oxygen atoms in total. The number of hydrogen-bond donors (Lipinski definition) is 3. The Hall–Kier alpha value is -2.55. The van der Waals surface area contributed by atoms with Crippen LogP contribution in [0.4, 0.5) is 11.5 Å². The minimum absolute atomic E-state index is 0.0528. The number of methoxy groups -OCH3 is 1. The highest BCUT2D eigenvalue weighted by atomic mass is 16.5. The molecule has 2 heterocycles. The minimum atomic E-state index is -0.581. The predicted molar refractivity (Wildman–Crippen MR) is 76.2 cm³/mol. The van der Waals surface area contributed by atoms with Crippen molar-refractivity contribution in [1.82, 2.24) is 14.7 Å². The molecule has 0 saturated carbocycles. The van der Waals surface area contributed by atoms with E-state index < -0.39 is 11.2 Å². The molecule has 0 fully saturated rings. The van der Waals surface area contributed by atoms with Crippen molar-refractivity contribution in [3.63, 3.8) is 0 Å². The lowest BCUT2D eigenvalue weighted by Gasteiger charge is -2.12. The number of nitrogens with one attached hydrogen (secondary N) is 2. The number of anilines is 2. The van der Waals surface area contributed by atoms with Gasteiger partial charge in [-0.1, -0.05) is 5.16 Å². The van der Waals surface area contributed by atoms with Gasteiger partial charge in [-0.3, -0.25) is 14.3 Å². The molecule has 21 heavy (non-hydrogen) atoms. The van der Waals surface area contributed by atoms with Gasteiger partial charge in [0.25, 0.3) is 5.56 Å². The molecule has 4 N–H and O–H groups in total. The molecule has 114 valence electrons. The molecule has 0 atom stereocenters. The molecule has 0 aliphatic rings. The summed E-state index contributed by atoms with van der Waals surface area (Å²) in [5.74, 6) is 0.609. The number of nitrogen functional groups attached to an aromatic ring is 1. The molecule has 0 saturated heterocycles. The number of nitrogens with two attached hydrogens (primary N) is 1. The first-order valence-corrected chi connectivity index (χ1v) is 6.30. The Balaban J connectivity index is 2.26. The van der Waals surface area contributed by atoms with Crippen LogP contribution in [0.15, 0.2) is 20.2 Å². The number of aryl methyl sites for hydroxylation is 1. The summed E-state index contributed by atoms with van der Waals surface area (Å²) in [6, 6.07) is 1.73. The monoisotopic (exact) mass is 295 g/mol. The van der Waals surface area contributed by atoms with Gasteiger partial charge >= 0.3 is 5.69 Å². The molecule has 2 rings (SSSR count). The maximum Gasteiger partial charge on any atom is 0.330 e. The van der Waals surface area contributed by atoms with Crippen LogP contribution in [0, 0.1) is 6.92 Å². The van der Waals surface area contributed by atoms with Crippen molar-refractivity contribution < 1.29 is 9.26 Å². The second-order valence-electron chi connectivity index (χ2n) is 4.45. The summed E-state index contributed by atoms with van der Waals surface area (Å²) in [7, 11) is 1.51. The van der Waals surface area contributed by atoms with Crippen LogP contribution in [0.3, 0.4) is 0 Å². The van der Waals surface area contributed by atoms with E-state index in [-0.39, 0.29) is 24.6 Å². The molecule has 0 aromatic carbocycles. The fourth-order valence-electron chi connectivity index (χ4n) is 1.84. The van der Waals surface area contributed by atoms with Crippen molar-refractivity contribution >= 4 is 11.5 Å². The zero-order valence-electron chi connectivity index (χ0n) is 11.8. The number of nitrogens with zero attached hydrogens (tertiary/aromatic N) is 2. The lowest BCUT2D eigenvalue weighted by molar-refractivity contribution is 0.186. The molecule has 0 bridgehead atoms. The van der Waals surface area contributed by atoms with Crippen LogP contribution in [0.25, 0.3) is 0 Å². The Morgan fingerprint density at radius 1 is 1.52 bits per heavy atom. The van der Waals surface area contributed by atoms with E-state index in [4.69, 9.17) is 15.0 Å². The van der Waals surface area contributed by atoms with E-state index in [0.29, 0.717) is 12.4 Å². The van der Waals surface area contributed by atoms with E-state index in [1.165, 1.54) is 11.7 Å². The maximum atomic E-state index is 11.8. The van der Waals surface area contributed by atoms with Crippen LogP contribution in [0.5, 0.6) is 0 Å². The fraction of sp³-hybridized carbons (Fsp3) is 0.417. The van der Waals surface area contributed by atoms with Gasteiger partial charge in [0.15, 0.2) is 5.76 Å². The highest BCUT2D eigenvalue weighted by Gasteiger charge is 2.12. The molecule has 0 amide bonds. The number of rotatable bonds is 6. The number of hydrogen-bond acceptors (Lipinski definition) is 7. The molecule has 0 aliphatic carbocycles. The van der Waals surface area contributed by atoms with Gasteiger partial charge in [0.05, 0.1) is 25.4 Å². The molecule has 2 aromatic heterocycles. The summed E-state index contributed by atoms with van der Waals surface area (Å²) in [5.41, 5.74) is 5.57. The zero-order valence-corrected chi connectivity index (χ0v) is 11.8. The van der Waals surface area contributed by atoms with Crippen LogP contribution in [0.1, 0.15) is 11.5 Å². The second-order valence-corrected chi connectivity index (χ2v) is 4.45. The summed E-state index contributed by atoms with van der Waals surface area (Å²) in [6.07, 6.45) is 0. The van der Waals surface area contributed by atoms with E-state index in [0.717, 1.165) is 5.69 Å². The van der Waals surface area contributed by atoms with E-state index >= 15 is 0 Å². The van der Waals surface area contributed by atoms with E-state index in [9.17, 15) is 9.59 Å². The standard InChI is InChI=1S/C12H17N5O4/c1-7-5-8(21-16-7)6-14-9-10(13)17(3-4-20-2)12(19)15-11(9)18/h5,14H,3-4,6,13H2,1-2H3,(H,15,18,19). The molecular formula is C12H17N5O4. The third-order valence-corrected chi connectivity index (χ3v) is 2.87. The second kappa shape index (κ2) is 6.27. The Labute approximate surface area is 119 Å².